The maximum Gasteiger partial charge on any atom is 0.258 e. The third-order valence-electron chi connectivity index (χ3n) is 4.02. The van der Waals surface area contributed by atoms with Gasteiger partial charge >= 0.3 is 0 Å². The molecule has 0 bridgehead atoms. The van der Waals surface area contributed by atoms with E-state index < -0.39 is 0 Å². The van der Waals surface area contributed by atoms with Gasteiger partial charge in [0.2, 0.25) is 5.91 Å². The molecule has 1 aromatic carbocycles. The van der Waals surface area contributed by atoms with Gasteiger partial charge < -0.3 is 5.32 Å². The van der Waals surface area contributed by atoms with Gasteiger partial charge in [-0.15, -0.1) is 0 Å². The second-order valence-corrected chi connectivity index (χ2v) is 7.70. The highest BCUT2D eigenvalue weighted by Gasteiger charge is 2.06. The molecule has 0 saturated carbocycles. The van der Waals surface area contributed by atoms with Crippen molar-refractivity contribution in [3.63, 3.8) is 0 Å². The third-order valence-corrected chi connectivity index (χ3v) is 5.38. The lowest BCUT2D eigenvalue weighted by molar-refractivity contribution is -0.120. The maximum absolute atomic E-state index is 12.2. The van der Waals surface area contributed by atoms with Gasteiger partial charge in [0.15, 0.2) is 0 Å². The number of pyridine rings is 1. The molecule has 0 spiro atoms. The van der Waals surface area contributed by atoms with E-state index in [0.717, 1.165) is 16.8 Å². The van der Waals surface area contributed by atoms with E-state index in [4.69, 9.17) is 11.6 Å². The van der Waals surface area contributed by atoms with Gasteiger partial charge in [-0.1, -0.05) is 35.9 Å². The fraction of sp³-hybridized carbons (Fsp3) is 0.250. The molecule has 1 N–H and O–H groups in total. The van der Waals surface area contributed by atoms with Gasteiger partial charge in [0.1, 0.15) is 5.65 Å². The number of fused-ring (bicyclic) bond motifs is 1. The van der Waals surface area contributed by atoms with Crippen molar-refractivity contribution >= 4 is 34.9 Å². The van der Waals surface area contributed by atoms with Crippen molar-refractivity contribution in [1.82, 2.24) is 14.7 Å². The summed E-state index contributed by atoms with van der Waals surface area (Å²) >= 11 is 7.66. The summed E-state index contributed by atoms with van der Waals surface area (Å²) in [6.07, 6.45) is 2.19. The number of aromatic nitrogens is 2. The van der Waals surface area contributed by atoms with Gasteiger partial charge in [-0.05, 0) is 30.2 Å². The molecule has 1 amide bonds. The largest absolute Gasteiger partial charge is 0.352 e. The van der Waals surface area contributed by atoms with Crippen LogP contribution in [0.5, 0.6) is 0 Å². The van der Waals surface area contributed by atoms with Crippen molar-refractivity contribution in [2.75, 3.05) is 5.75 Å². The minimum absolute atomic E-state index is 0.0237. The molecule has 0 aliphatic carbocycles. The van der Waals surface area contributed by atoms with Crippen LogP contribution in [-0.2, 0) is 17.1 Å². The Morgan fingerprint density at radius 2 is 2.07 bits per heavy atom. The highest BCUT2D eigenvalue weighted by molar-refractivity contribution is 7.98. The topological polar surface area (TPSA) is 63.5 Å². The number of amides is 1. The third kappa shape index (κ3) is 5.34. The first kappa shape index (κ1) is 19.5. The molecule has 140 valence electrons. The lowest BCUT2D eigenvalue weighted by atomic mass is 10.2. The monoisotopic (exact) mass is 401 g/mol. The van der Waals surface area contributed by atoms with E-state index in [9.17, 15) is 9.59 Å². The van der Waals surface area contributed by atoms with Crippen LogP contribution in [0.2, 0.25) is 5.02 Å². The Kier molecular flexibility index (Phi) is 6.53. The van der Waals surface area contributed by atoms with Gasteiger partial charge in [0.05, 0.1) is 5.69 Å². The van der Waals surface area contributed by atoms with Crippen molar-refractivity contribution in [3.8, 4) is 0 Å². The van der Waals surface area contributed by atoms with Crippen LogP contribution in [0.4, 0.5) is 0 Å². The first-order chi connectivity index (χ1) is 13.0. The van der Waals surface area contributed by atoms with Crippen molar-refractivity contribution in [1.29, 1.82) is 0 Å². The number of hydrogen-bond acceptors (Lipinski definition) is 4. The summed E-state index contributed by atoms with van der Waals surface area (Å²) < 4.78 is 1.55. The van der Waals surface area contributed by atoms with Crippen LogP contribution >= 0.6 is 23.4 Å². The summed E-state index contributed by atoms with van der Waals surface area (Å²) in [6, 6.07) is 12.8. The SMILES string of the molecule is Cc1ccc2nc(CSCCC(=O)NCc3ccccc3Cl)cc(=O)n2c1. The molecule has 7 heteroatoms. The van der Waals surface area contributed by atoms with Crippen LogP contribution in [0, 0.1) is 6.92 Å². The van der Waals surface area contributed by atoms with Crippen LogP contribution in [0.1, 0.15) is 23.2 Å². The molecule has 0 saturated heterocycles. The Morgan fingerprint density at radius 3 is 2.89 bits per heavy atom. The number of carbonyl (C=O) groups is 1. The lowest BCUT2D eigenvalue weighted by Gasteiger charge is -2.07. The number of nitrogens with one attached hydrogen (secondary N) is 1. The van der Waals surface area contributed by atoms with Gasteiger partial charge in [0.25, 0.3) is 5.56 Å². The Morgan fingerprint density at radius 1 is 1.26 bits per heavy atom. The summed E-state index contributed by atoms with van der Waals surface area (Å²) in [7, 11) is 0. The van der Waals surface area contributed by atoms with Crippen LogP contribution in [0.15, 0.2) is 53.5 Å². The Bertz CT molecular complexity index is 1020. The first-order valence-corrected chi connectivity index (χ1v) is 10.1. The van der Waals surface area contributed by atoms with Crippen LogP contribution in [0.3, 0.4) is 0 Å². The molecular weight excluding hydrogens is 382 g/mol. The van der Waals surface area contributed by atoms with Crippen molar-refractivity contribution in [2.45, 2.75) is 25.6 Å². The summed E-state index contributed by atoms with van der Waals surface area (Å²) in [6.45, 7) is 2.36. The molecule has 0 aliphatic heterocycles. The summed E-state index contributed by atoms with van der Waals surface area (Å²) in [4.78, 5) is 28.6. The van der Waals surface area contributed by atoms with E-state index in [-0.39, 0.29) is 11.5 Å². The second-order valence-electron chi connectivity index (χ2n) is 6.19. The number of thioether (sulfide) groups is 1. The zero-order valence-electron chi connectivity index (χ0n) is 14.9. The van der Waals surface area contributed by atoms with E-state index in [0.29, 0.717) is 35.1 Å². The van der Waals surface area contributed by atoms with Gasteiger partial charge in [-0.2, -0.15) is 11.8 Å². The zero-order valence-corrected chi connectivity index (χ0v) is 16.5. The molecule has 3 rings (SSSR count). The van der Waals surface area contributed by atoms with E-state index in [2.05, 4.69) is 10.3 Å². The highest BCUT2D eigenvalue weighted by atomic mass is 35.5. The average Bonchev–Trinajstić information content (AvgIpc) is 2.65. The Hall–Kier alpha value is -2.31. The fourth-order valence-corrected chi connectivity index (χ4v) is 3.63. The quantitative estimate of drug-likeness (QED) is 0.614. The van der Waals surface area contributed by atoms with E-state index in [1.54, 1.807) is 34.5 Å². The maximum atomic E-state index is 12.2. The standard InChI is InChI=1S/C20H20ClN3O2S/c1-14-6-7-18-23-16(10-20(26)24(18)12-14)13-27-9-8-19(25)22-11-15-4-2-3-5-17(15)21/h2-7,10,12H,8-9,11,13H2,1H3,(H,22,25). The van der Waals surface area contributed by atoms with Gasteiger partial charge in [-0.25, -0.2) is 4.98 Å². The number of nitrogens with zero attached hydrogens (tertiary/aromatic N) is 2. The zero-order chi connectivity index (χ0) is 19.2. The minimum Gasteiger partial charge on any atom is -0.352 e. The van der Waals surface area contributed by atoms with Gasteiger partial charge in [-0.3, -0.25) is 14.0 Å². The molecule has 0 radical (unpaired) electrons. The van der Waals surface area contributed by atoms with Crippen LogP contribution in [-0.4, -0.2) is 21.0 Å². The predicted octanol–water partition coefficient (Wildman–Crippen LogP) is 3.60. The molecule has 0 unspecified atom stereocenters. The summed E-state index contributed by atoms with van der Waals surface area (Å²) in [5, 5.41) is 3.52. The number of benzene rings is 1. The van der Waals surface area contributed by atoms with Crippen molar-refractivity contribution in [3.05, 3.63) is 80.9 Å². The highest BCUT2D eigenvalue weighted by Crippen LogP contribution is 2.15. The molecule has 5 nitrogen and oxygen atoms in total. The van der Waals surface area contributed by atoms with Crippen molar-refractivity contribution in [2.24, 2.45) is 0 Å². The minimum atomic E-state index is -0.0863. The molecule has 27 heavy (non-hydrogen) atoms. The molecule has 0 aliphatic rings. The molecule has 0 fully saturated rings. The number of hydrogen-bond donors (Lipinski definition) is 1. The molecule has 2 heterocycles. The smallest absolute Gasteiger partial charge is 0.258 e. The van der Waals surface area contributed by atoms with Crippen molar-refractivity contribution < 1.29 is 4.79 Å². The summed E-state index contributed by atoms with van der Waals surface area (Å²) in [5.74, 6) is 1.23. The average molecular weight is 402 g/mol. The molecule has 3 aromatic rings. The van der Waals surface area contributed by atoms with Gasteiger partial charge in [0, 0.05) is 41.8 Å². The Balaban J connectivity index is 1.46. The first-order valence-electron chi connectivity index (χ1n) is 8.60. The number of aryl methyl sites for hydroxylation is 1. The molecular formula is C20H20ClN3O2S. The van der Waals surface area contributed by atoms with E-state index in [1.165, 1.54) is 0 Å². The fourth-order valence-electron chi connectivity index (χ4n) is 2.60. The molecule has 2 aromatic heterocycles. The number of halogens is 1. The predicted molar refractivity (Wildman–Crippen MR) is 110 cm³/mol. The molecule has 0 atom stereocenters. The Labute approximate surface area is 166 Å². The van der Waals surface area contributed by atoms with Crippen LogP contribution in [0.25, 0.3) is 5.65 Å². The lowest BCUT2D eigenvalue weighted by Crippen LogP contribution is -2.23. The number of carbonyl (C=O) groups excluding carboxylic acids is 1. The second kappa shape index (κ2) is 9.06. The summed E-state index contributed by atoms with van der Waals surface area (Å²) in [5.41, 5.74) is 3.19. The number of rotatable bonds is 7. The van der Waals surface area contributed by atoms with E-state index in [1.807, 2.05) is 37.3 Å². The van der Waals surface area contributed by atoms with Crippen LogP contribution < -0.4 is 10.9 Å². The normalized spacial score (nSPS) is 10.9. The van der Waals surface area contributed by atoms with E-state index >= 15 is 0 Å².